The average Bonchev–Trinajstić information content (AvgIpc) is 2.90. The van der Waals surface area contributed by atoms with Gasteiger partial charge in [-0.2, -0.15) is 0 Å². The lowest BCUT2D eigenvalue weighted by Crippen LogP contribution is -2.19. The topological polar surface area (TPSA) is 75.6 Å². The second-order valence-electron chi connectivity index (χ2n) is 4.98. The van der Waals surface area contributed by atoms with E-state index in [4.69, 9.17) is 9.84 Å². The van der Waals surface area contributed by atoms with Crippen molar-refractivity contribution in [3.05, 3.63) is 29.8 Å². The Kier molecular flexibility index (Phi) is 5.12. The molecular formula is C15H19NO4. The summed E-state index contributed by atoms with van der Waals surface area (Å²) in [5, 5.41) is 11.4. The fourth-order valence-corrected chi connectivity index (χ4v) is 2.23. The average molecular weight is 277 g/mol. The van der Waals surface area contributed by atoms with Crippen LogP contribution in [0.3, 0.4) is 0 Å². The van der Waals surface area contributed by atoms with Crippen LogP contribution in [0.4, 0.5) is 5.69 Å². The second kappa shape index (κ2) is 7.05. The molecule has 1 aromatic rings. The van der Waals surface area contributed by atoms with Gasteiger partial charge in [-0.1, -0.05) is 12.1 Å². The van der Waals surface area contributed by atoms with Crippen LogP contribution in [0, 0.1) is 0 Å². The standard InChI is InChI=1S/C15H19NO4/c17-14(10-13-2-1-9-20-13)16-12-6-3-11(4-7-12)5-8-15(18)19/h3-4,6-7,13H,1-2,5,8-10H2,(H,16,17)(H,18,19). The number of hydrogen-bond donors (Lipinski definition) is 2. The molecule has 0 radical (unpaired) electrons. The van der Waals surface area contributed by atoms with Crippen molar-refractivity contribution in [2.45, 2.75) is 38.2 Å². The van der Waals surface area contributed by atoms with Gasteiger partial charge in [-0.25, -0.2) is 0 Å². The number of nitrogens with one attached hydrogen (secondary N) is 1. The number of aliphatic carboxylic acids is 1. The zero-order chi connectivity index (χ0) is 14.4. The maximum Gasteiger partial charge on any atom is 0.303 e. The Balaban J connectivity index is 1.80. The predicted octanol–water partition coefficient (Wildman–Crippen LogP) is 2.21. The SMILES string of the molecule is O=C(O)CCc1ccc(NC(=O)CC2CCCO2)cc1. The smallest absolute Gasteiger partial charge is 0.303 e. The van der Waals surface area contributed by atoms with Crippen LogP contribution >= 0.6 is 0 Å². The van der Waals surface area contributed by atoms with E-state index in [1.807, 2.05) is 12.1 Å². The number of benzene rings is 1. The lowest BCUT2D eigenvalue weighted by atomic mass is 10.1. The summed E-state index contributed by atoms with van der Waals surface area (Å²) in [6.45, 7) is 0.746. The van der Waals surface area contributed by atoms with E-state index in [1.54, 1.807) is 12.1 Å². The molecule has 1 aliphatic rings. The normalized spacial score (nSPS) is 17.9. The number of anilines is 1. The molecule has 1 heterocycles. The number of carbonyl (C=O) groups excluding carboxylic acids is 1. The highest BCUT2D eigenvalue weighted by molar-refractivity contribution is 5.91. The van der Waals surface area contributed by atoms with Crippen LogP contribution in [-0.4, -0.2) is 29.7 Å². The molecule has 2 rings (SSSR count). The van der Waals surface area contributed by atoms with E-state index in [-0.39, 0.29) is 18.4 Å². The molecule has 108 valence electrons. The van der Waals surface area contributed by atoms with Crippen molar-refractivity contribution < 1.29 is 19.4 Å². The van der Waals surface area contributed by atoms with Crippen molar-refractivity contribution in [2.24, 2.45) is 0 Å². The van der Waals surface area contributed by atoms with Gasteiger partial charge >= 0.3 is 5.97 Å². The number of hydrogen-bond acceptors (Lipinski definition) is 3. The maximum absolute atomic E-state index is 11.8. The molecule has 5 heteroatoms. The van der Waals surface area contributed by atoms with Gasteiger partial charge < -0.3 is 15.2 Å². The molecule has 1 amide bonds. The molecule has 1 fully saturated rings. The molecule has 1 unspecified atom stereocenters. The van der Waals surface area contributed by atoms with Gasteiger partial charge in [-0.3, -0.25) is 9.59 Å². The van der Waals surface area contributed by atoms with Crippen LogP contribution in [0.1, 0.15) is 31.2 Å². The van der Waals surface area contributed by atoms with Crippen molar-refractivity contribution in [1.82, 2.24) is 0 Å². The molecule has 2 N–H and O–H groups in total. The highest BCUT2D eigenvalue weighted by Crippen LogP contribution is 2.17. The van der Waals surface area contributed by atoms with Crippen LogP contribution in [0.15, 0.2) is 24.3 Å². The maximum atomic E-state index is 11.8. The summed E-state index contributed by atoms with van der Waals surface area (Å²) in [6, 6.07) is 7.27. The summed E-state index contributed by atoms with van der Waals surface area (Å²) in [5.41, 5.74) is 1.68. The third-order valence-corrected chi connectivity index (χ3v) is 3.30. The van der Waals surface area contributed by atoms with E-state index in [2.05, 4.69) is 5.32 Å². The highest BCUT2D eigenvalue weighted by atomic mass is 16.5. The number of carboxylic acids is 1. The number of rotatable bonds is 6. The van der Waals surface area contributed by atoms with E-state index in [0.717, 1.165) is 30.7 Å². The minimum Gasteiger partial charge on any atom is -0.481 e. The Labute approximate surface area is 117 Å². The first-order valence-corrected chi connectivity index (χ1v) is 6.85. The number of amides is 1. The zero-order valence-corrected chi connectivity index (χ0v) is 11.3. The van der Waals surface area contributed by atoms with Gasteiger partial charge in [0.25, 0.3) is 0 Å². The zero-order valence-electron chi connectivity index (χ0n) is 11.3. The van der Waals surface area contributed by atoms with Crippen molar-refractivity contribution in [2.75, 3.05) is 11.9 Å². The highest BCUT2D eigenvalue weighted by Gasteiger charge is 2.18. The summed E-state index contributed by atoms with van der Waals surface area (Å²) < 4.78 is 5.42. The van der Waals surface area contributed by atoms with Gasteiger partial charge in [-0.15, -0.1) is 0 Å². The monoisotopic (exact) mass is 277 g/mol. The van der Waals surface area contributed by atoms with Crippen molar-refractivity contribution in [3.63, 3.8) is 0 Å². The van der Waals surface area contributed by atoms with Gasteiger partial charge in [-0.05, 0) is 37.0 Å². The molecule has 0 aliphatic carbocycles. The fourth-order valence-electron chi connectivity index (χ4n) is 2.23. The number of carbonyl (C=O) groups is 2. The van der Waals surface area contributed by atoms with Crippen LogP contribution in [-0.2, 0) is 20.7 Å². The molecule has 0 saturated carbocycles. The van der Waals surface area contributed by atoms with Gasteiger partial charge in [0.15, 0.2) is 0 Å². The minimum atomic E-state index is -0.807. The number of aryl methyl sites for hydroxylation is 1. The van der Waals surface area contributed by atoms with Crippen molar-refractivity contribution in [1.29, 1.82) is 0 Å². The Morgan fingerprint density at radius 2 is 2.05 bits per heavy atom. The van der Waals surface area contributed by atoms with Crippen LogP contribution in [0.5, 0.6) is 0 Å². The summed E-state index contributed by atoms with van der Waals surface area (Å²) >= 11 is 0. The predicted molar refractivity (Wildman–Crippen MR) is 74.6 cm³/mol. The van der Waals surface area contributed by atoms with Gasteiger partial charge in [0.05, 0.1) is 12.5 Å². The lowest BCUT2D eigenvalue weighted by Gasteiger charge is -2.10. The second-order valence-corrected chi connectivity index (χ2v) is 4.98. The summed E-state index contributed by atoms with van der Waals surface area (Å²) in [4.78, 5) is 22.3. The molecule has 20 heavy (non-hydrogen) atoms. The number of ether oxygens (including phenoxy) is 1. The van der Waals surface area contributed by atoms with Crippen molar-refractivity contribution >= 4 is 17.6 Å². The van der Waals surface area contributed by atoms with E-state index in [9.17, 15) is 9.59 Å². The molecule has 1 aromatic carbocycles. The molecule has 1 aliphatic heterocycles. The number of carboxylic acid groups (broad SMARTS) is 1. The van der Waals surface area contributed by atoms with E-state index < -0.39 is 5.97 Å². The van der Waals surface area contributed by atoms with Gasteiger partial charge in [0.2, 0.25) is 5.91 Å². The minimum absolute atomic E-state index is 0.0461. The molecule has 0 aromatic heterocycles. The first-order valence-electron chi connectivity index (χ1n) is 6.85. The lowest BCUT2D eigenvalue weighted by molar-refractivity contribution is -0.137. The van der Waals surface area contributed by atoms with Crippen LogP contribution < -0.4 is 5.32 Å². The summed E-state index contributed by atoms with van der Waals surface area (Å²) in [7, 11) is 0. The Bertz CT molecular complexity index is 463. The van der Waals surface area contributed by atoms with Gasteiger partial charge in [0.1, 0.15) is 0 Å². The third-order valence-electron chi connectivity index (χ3n) is 3.30. The van der Waals surface area contributed by atoms with Crippen LogP contribution in [0.25, 0.3) is 0 Å². The van der Waals surface area contributed by atoms with Crippen molar-refractivity contribution in [3.8, 4) is 0 Å². The van der Waals surface area contributed by atoms with E-state index in [1.165, 1.54) is 0 Å². The third kappa shape index (κ3) is 4.66. The molecular weight excluding hydrogens is 258 g/mol. The largest absolute Gasteiger partial charge is 0.481 e. The van der Waals surface area contributed by atoms with E-state index in [0.29, 0.717) is 12.8 Å². The first kappa shape index (κ1) is 14.5. The Morgan fingerprint density at radius 1 is 1.30 bits per heavy atom. The van der Waals surface area contributed by atoms with Gasteiger partial charge in [0, 0.05) is 18.7 Å². The Hall–Kier alpha value is -1.88. The molecule has 1 saturated heterocycles. The van der Waals surface area contributed by atoms with Crippen LogP contribution in [0.2, 0.25) is 0 Å². The molecule has 5 nitrogen and oxygen atoms in total. The molecule has 0 spiro atoms. The Morgan fingerprint density at radius 3 is 2.65 bits per heavy atom. The molecule has 1 atom stereocenters. The first-order chi connectivity index (χ1) is 9.63. The molecule has 0 bridgehead atoms. The summed E-state index contributed by atoms with van der Waals surface area (Å²) in [5.74, 6) is -0.853. The quantitative estimate of drug-likeness (QED) is 0.836. The summed E-state index contributed by atoms with van der Waals surface area (Å²) in [6.07, 6.45) is 3.02. The van der Waals surface area contributed by atoms with E-state index >= 15 is 0 Å². The fraction of sp³-hybridized carbons (Fsp3) is 0.467.